The van der Waals surface area contributed by atoms with Gasteiger partial charge in [0.05, 0.1) is 12.0 Å². The molecule has 0 saturated carbocycles. The number of furan rings is 1. The van der Waals surface area contributed by atoms with Gasteiger partial charge in [-0.25, -0.2) is 9.59 Å². The van der Waals surface area contributed by atoms with Crippen LogP contribution in [0.2, 0.25) is 0 Å². The zero-order valence-electron chi connectivity index (χ0n) is 15.9. The molecule has 164 valence electrons. The van der Waals surface area contributed by atoms with Crippen LogP contribution >= 0.6 is 11.8 Å². The van der Waals surface area contributed by atoms with Gasteiger partial charge >= 0.3 is 12.1 Å². The van der Waals surface area contributed by atoms with Crippen LogP contribution in [0.5, 0.6) is 0 Å². The Hall–Kier alpha value is -3.81. The summed E-state index contributed by atoms with van der Waals surface area (Å²) >= 11 is 0.962. The van der Waals surface area contributed by atoms with Gasteiger partial charge in [0.25, 0.3) is 11.8 Å². The van der Waals surface area contributed by atoms with Gasteiger partial charge in [0.15, 0.2) is 12.0 Å². The molecule has 3 heterocycles. The van der Waals surface area contributed by atoms with Gasteiger partial charge < -0.3 is 30.1 Å². The van der Waals surface area contributed by atoms with E-state index in [2.05, 4.69) is 20.0 Å². The van der Waals surface area contributed by atoms with E-state index < -0.39 is 34.8 Å². The highest BCUT2D eigenvalue weighted by Gasteiger charge is 2.70. The van der Waals surface area contributed by atoms with Crippen LogP contribution < -0.4 is 11.1 Å². The minimum absolute atomic E-state index is 0.0147. The summed E-state index contributed by atoms with van der Waals surface area (Å²) < 4.78 is 9.76. The SMILES string of the molecule is CON=C(C(=O)N[C@@]1(C(=O)O)C(=O)N2C(C=O)=C(COC(N)=O)CS[C@@H]21)c1ccco1. The number of thioether (sulfide) groups is 1. The van der Waals surface area contributed by atoms with Crippen molar-refractivity contribution in [3.8, 4) is 0 Å². The zero-order valence-corrected chi connectivity index (χ0v) is 16.7. The van der Waals surface area contributed by atoms with Crippen molar-refractivity contribution in [3.63, 3.8) is 0 Å². The number of nitrogens with two attached hydrogens (primary N) is 1. The molecule has 0 unspecified atom stereocenters. The second kappa shape index (κ2) is 8.51. The predicted octanol–water partition coefficient (Wildman–Crippen LogP) is -0.967. The van der Waals surface area contributed by atoms with Gasteiger partial charge in [-0.15, -0.1) is 11.8 Å². The molecule has 1 aromatic heterocycles. The summed E-state index contributed by atoms with van der Waals surface area (Å²) in [5.41, 5.74) is 2.28. The van der Waals surface area contributed by atoms with E-state index in [1.165, 1.54) is 25.5 Å². The zero-order chi connectivity index (χ0) is 22.8. The average Bonchev–Trinajstić information content (AvgIpc) is 3.27. The van der Waals surface area contributed by atoms with Crippen molar-refractivity contribution >= 4 is 47.6 Å². The van der Waals surface area contributed by atoms with E-state index in [1.54, 1.807) is 0 Å². The van der Waals surface area contributed by atoms with Gasteiger partial charge in [-0.2, -0.15) is 0 Å². The molecule has 13 nitrogen and oxygen atoms in total. The van der Waals surface area contributed by atoms with Crippen molar-refractivity contribution in [2.45, 2.75) is 10.9 Å². The number of β-lactam (4-membered cyclic amide) rings is 1. The molecule has 4 N–H and O–H groups in total. The minimum Gasteiger partial charge on any atom is -0.479 e. The topological polar surface area (TPSA) is 191 Å². The maximum Gasteiger partial charge on any atom is 0.404 e. The number of primary amides is 1. The predicted molar refractivity (Wildman–Crippen MR) is 102 cm³/mol. The van der Waals surface area contributed by atoms with Crippen LogP contribution in [0.1, 0.15) is 5.76 Å². The number of ether oxygens (including phenoxy) is 1. The summed E-state index contributed by atoms with van der Waals surface area (Å²) in [6.07, 6.45) is 0.540. The first-order valence-electron chi connectivity index (χ1n) is 8.53. The first-order chi connectivity index (χ1) is 14.8. The Kier molecular flexibility index (Phi) is 6.01. The number of rotatable bonds is 8. The van der Waals surface area contributed by atoms with Crippen LogP contribution in [0, 0.1) is 0 Å². The number of allylic oxidation sites excluding steroid dienone is 1. The second-order valence-electron chi connectivity index (χ2n) is 6.22. The lowest BCUT2D eigenvalue weighted by atomic mass is 9.86. The quantitative estimate of drug-likeness (QED) is 0.145. The molecule has 0 bridgehead atoms. The third-order valence-corrected chi connectivity index (χ3v) is 5.89. The molecule has 1 saturated heterocycles. The number of nitrogens with one attached hydrogen (secondary N) is 1. The number of fused-ring (bicyclic) bond motifs is 1. The number of hydrogen-bond acceptors (Lipinski definition) is 10. The summed E-state index contributed by atoms with van der Waals surface area (Å²) in [4.78, 5) is 65.8. The fourth-order valence-corrected chi connectivity index (χ4v) is 4.57. The van der Waals surface area contributed by atoms with Crippen LogP contribution in [0.3, 0.4) is 0 Å². The van der Waals surface area contributed by atoms with Crippen LogP contribution in [-0.4, -0.2) is 76.3 Å². The molecule has 1 aromatic rings. The molecular weight excluding hydrogens is 436 g/mol. The van der Waals surface area contributed by atoms with Crippen molar-refractivity contribution in [1.29, 1.82) is 0 Å². The smallest absolute Gasteiger partial charge is 0.404 e. The van der Waals surface area contributed by atoms with Crippen molar-refractivity contribution in [3.05, 3.63) is 35.4 Å². The van der Waals surface area contributed by atoms with Gasteiger partial charge in [-0.05, 0) is 12.1 Å². The van der Waals surface area contributed by atoms with Crippen LogP contribution in [0.15, 0.2) is 39.2 Å². The maximum absolute atomic E-state index is 12.9. The Labute approximate surface area is 178 Å². The lowest BCUT2D eigenvalue weighted by Gasteiger charge is -2.54. The molecule has 3 rings (SSSR count). The van der Waals surface area contributed by atoms with Crippen LogP contribution in [0.25, 0.3) is 0 Å². The van der Waals surface area contributed by atoms with Gasteiger partial charge in [0.1, 0.15) is 19.1 Å². The Morgan fingerprint density at radius 2 is 2.26 bits per heavy atom. The number of aliphatic carboxylic acids is 1. The van der Waals surface area contributed by atoms with Crippen LogP contribution in [-0.2, 0) is 28.8 Å². The minimum atomic E-state index is -2.37. The number of carboxylic acid groups (broad SMARTS) is 1. The van der Waals surface area contributed by atoms with Gasteiger partial charge in [0.2, 0.25) is 11.3 Å². The van der Waals surface area contributed by atoms with Gasteiger partial charge in [0, 0.05) is 11.3 Å². The monoisotopic (exact) mass is 452 g/mol. The fraction of sp³-hybridized carbons (Fsp3) is 0.294. The summed E-state index contributed by atoms with van der Waals surface area (Å²) in [5, 5.41) is 14.4. The summed E-state index contributed by atoms with van der Waals surface area (Å²) in [5.74, 6) is -3.68. The summed E-state index contributed by atoms with van der Waals surface area (Å²) in [7, 11) is 1.17. The molecule has 31 heavy (non-hydrogen) atoms. The molecule has 0 radical (unpaired) electrons. The summed E-state index contributed by atoms with van der Waals surface area (Å²) in [6.45, 7) is -0.345. The van der Waals surface area contributed by atoms with Crippen molar-refractivity contribution in [2.24, 2.45) is 10.9 Å². The first kappa shape index (κ1) is 21.9. The maximum atomic E-state index is 12.9. The molecule has 0 aromatic carbocycles. The molecule has 2 aliphatic heterocycles. The molecular formula is C17H16N4O9S. The van der Waals surface area contributed by atoms with E-state index in [-0.39, 0.29) is 35.1 Å². The average molecular weight is 452 g/mol. The third kappa shape index (κ3) is 3.61. The standard InChI is InChI=1S/C17H16N4O9S/c1-28-20-11(10-3-2-4-29-10)12(23)19-17(15(25)26)13(24)21-9(5-22)8(6-30-16(18)27)7-31-14(17)21/h2-5,14H,6-7H2,1H3,(H2,18,27)(H,19,23)(H,25,26)/t14-,17+/m1/s1. The Bertz CT molecular complexity index is 1000. The van der Waals surface area contributed by atoms with E-state index in [0.29, 0.717) is 6.29 Å². The number of carboxylic acids is 1. The van der Waals surface area contributed by atoms with E-state index in [1.807, 2.05) is 0 Å². The van der Waals surface area contributed by atoms with Gasteiger partial charge in [-0.3, -0.25) is 19.3 Å². The van der Waals surface area contributed by atoms with E-state index in [0.717, 1.165) is 16.7 Å². The van der Waals surface area contributed by atoms with E-state index >= 15 is 0 Å². The highest BCUT2D eigenvalue weighted by atomic mass is 32.2. The molecule has 2 atom stereocenters. The Morgan fingerprint density at radius 1 is 1.52 bits per heavy atom. The van der Waals surface area contributed by atoms with Crippen molar-refractivity contribution in [2.75, 3.05) is 19.5 Å². The lowest BCUT2D eigenvalue weighted by molar-refractivity contribution is -0.170. The van der Waals surface area contributed by atoms with Crippen molar-refractivity contribution in [1.82, 2.24) is 10.2 Å². The fourth-order valence-electron chi connectivity index (χ4n) is 3.11. The number of amides is 3. The highest BCUT2D eigenvalue weighted by Crippen LogP contribution is 2.46. The number of aldehydes is 1. The number of carbonyl (C=O) groups excluding carboxylic acids is 4. The molecule has 14 heteroatoms. The molecule has 3 amide bonds. The highest BCUT2D eigenvalue weighted by molar-refractivity contribution is 8.00. The summed E-state index contributed by atoms with van der Waals surface area (Å²) in [6, 6.07) is 2.87. The Morgan fingerprint density at radius 3 is 2.81 bits per heavy atom. The lowest BCUT2D eigenvalue weighted by Crippen LogP contribution is -2.83. The third-order valence-electron chi connectivity index (χ3n) is 4.50. The Balaban J connectivity index is 1.91. The van der Waals surface area contributed by atoms with Gasteiger partial charge in [-0.1, -0.05) is 5.16 Å². The second-order valence-corrected chi connectivity index (χ2v) is 7.29. The number of oxime groups is 1. The van der Waals surface area contributed by atoms with Crippen molar-refractivity contribution < 1.29 is 43.1 Å². The van der Waals surface area contributed by atoms with E-state index in [9.17, 15) is 29.1 Å². The first-order valence-corrected chi connectivity index (χ1v) is 9.58. The number of carbonyl (C=O) groups is 5. The van der Waals surface area contributed by atoms with Crippen LogP contribution in [0.4, 0.5) is 4.79 Å². The molecule has 2 aliphatic rings. The normalized spacial score (nSPS) is 22.9. The molecule has 0 aliphatic carbocycles. The van der Waals surface area contributed by atoms with E-state index in [4.69, 9.17) is 10.2 Å². The number of hydrogen-bond donors (Lipinski definition) is 3. The largest absolute Gasteiger partial charge is 0.479 e. The number of nitrogens with zero attached hydrogens (tertiary/aromatic N) is 2. The molecule has 0 spiro atoms. The molecule has 1 fully saturated rings.